The van der Waals surface area contributed by atoms with Crippen molar-refractivity contribution in [2.24, 2.45) is 0 Å². The Morgan fingerprint density at radius 2 is 1.78 bits per heavy atom. The third kappa shape index (κ3) is 8.12. The molecule has 0 aliphatic rings. The first-order chi connectivity index (χ1) is 12.5. The highest BCUT2D eigenvalue weighted by atomic mass is 32.2. The summed E-state index contributed by atoms with van der Waals surface area (Å²) in [6.07, 6.45) is -0.773. The van der Waals surface area contributed by atoms with Gasteiger partial charge in [0.05, 0.1) is 0 Å². The molecule has 1 atom stereocenters. The normalized spacial score (nSPS) is 12.0. The molecule has 0 saturated carbocycles. The summed E-state index contributed by atoms with van der Waals surface area (Å²) in [6.45, 7) is 4.64. The number of thioether (sulfide) groups is 1. The molecule has 0 aromatic heterocycles. The van der Waals surface area contributed by atoms with Crippen LogP contribution in [-0.2, 0) is 14.3 Å². The van der Waals surface area contributed by atoms with E-state index in [1.807, 2.05) is 0 Å². The SMILES string of the molecule is CN(C(=O)CNC(=O)OC(C)(C)C)[C@@H](CSC(=O)c1ccccc1)C(=O)O. The molecular weight excluding hydrogens is 372 g/mol. The van der Waals surface area contributed by atoms with Gasteiger partial charge in [0.1, 0.15) is 18.2 Å². The van der Waals surface area contributed by atoms with E-state index in [1.165, 1.54) is 7.05 Å². The van der Waals surface area contributed by atoms with Gasteiger partial charge in [0, 0.05) is 18.4 Å². The quantitative estimate of drug-likeness (QED) is 0.725. The lowest BCUT2D eigenvalue weighted by atomic mass is 10.2. The Hall–Kier alpha value is -2.55. The molecule has 0 fully saturated rings. The van der Waals surface area contributed by atoms with Crippen LogP contribution in [0.1, 0.15) is 31.1 Å². The Kier molecular flexibility index (Phi) is 8.30. The van der Waals surface area contributed by atoms with E-state index >= 15 is 0 Å². The molecule has 0 heterocycles. The van der Waals surface area contributed by atoms with E-state index in [1.54, 1.807) is 51.1 Å². The van der Waals surface area contributed by atoms with Crippen molar-refractivity contribution in [3.05, 3.63) is 35.9 Å². The van der Waals surface area contributed by atoms with Crippen LogP contribution in [0.5, 0.6) is 0 Å². The van der Waals surface area contributed by atoms with E-state index in [9.17, 15) is 24.3 Å². The number of ether oxygens (including phenoxy) is 1. The van der Waals surface area contributed by atoms with Crippen LogP contribution in [0.15, 0.2) is 30.3 Å². The number of likely N-dealkylation sites (N-methyl/N-ethyl adjacent to an activating group) is 1. The second-order valence-electron chi connectivity index (χ2n) is 6.68. The van der Waals surface area contributed by atoms with Gasteiger partial charge in [-0.05, 0) is 20.8 Å². The topological polar surface area (TPSA) is 113 Å². The molecule has 0 saturated heterocycles. The molecule has 1 aromatic rings. The Morgan fingerprint density at radius 1 is 1.19 bits per heavy atom. The zero-order chi connectivity index (χ0) is 20.6. The number of carboxylic acids is 1. The highest BCUT2D eigenvalue weighted by Crippen LogP contribution is 2.15. The summed E-state index contributed by atoms with van der Waals surface area (Å²) in [6, 6.07) is 7.23. The van der Waals surface area contributed by atoms with E-state index in [2.05, 4.69) is 5.32 Å². The zero-order valence-corrected chi connectivity index (χ0v) is 16.5. The number of amides is 2. The van der Waals surface area contributed by atoms with E-state index in [4.69, 9.17) is 4.74 Å². The second-order valence-corrected chi connectivity index (χ2v) is 7.67. The number of nitrogens with one attached hydrogen (secondary N) is 1. The van der Waals surface area contributed by atoms with E-state index in [0.29, 0.717) is 5.56 Å². The van der Waals surface area contributed by atoms with Crippen molar-refractivity contribution in [2.75, 3.05) is 19.3 Å². The number of hydrogen-bond donors (Lipinski definition) is 2. The molecule has 8 nitrogen and oxygen atoms in total. The smallest absolute Gasteiger partial charge is 0.408 e. The van der Waals surface area contributed by atoms with Gasteiger partial charge in [-0.15, -0.1) is 0 Å². The Bertz CT molecular complexity index is 687. The molecule has 0 radical (unpaired) electrons. The average molecular weight is 396 g/mol. The van der Waals surface area contributed by atoms with Gasteiger partial charge in [-0.1, -0.05) is 42.1 Å². The maximum absolute atomic E-state index is 12.2. The number of benzene rings is 1. The second kappa shape index (κ2) is 9.96. The molecule has 1 aromatic carbocycles. The number of carboxylic acid groups (broad SMARTS) is 1. The van der Waals surface area contributed by atoms with Gasteiger partial charge in [-0.25, -0.2) is 9.59 Å². The highest BCUT2D eigenvalue weighted by Gasteiger charge is 2.28. The molecule has 27 heavy (non-hydrogen) atoms. The van der Waals surface area contributed by atoms with E-state index in [-0.39, 0.29) is 10.9 Å². The van der Waals surface area contributed by atoms with Crippen LogP contribution >= 0.6 is 11.8 Å². The molecule has 0 aliphatic heterocycles. The van der Waals surface area contributed by atoms with Crippen LogP contribution in [0.4, 0.5) is 4.79 Å². The van der Waals surface area contributed by atoms with Crippen LogP contribution in [0, 0.1) is 0 Å². The van der Waals surface area contributed by atoms with Gasteiger partial charge >= 0.3 is 12.1 Å². The molecule has 9 heteroatoms. The molecule has 0 spiro atoms. The standard InChI is InChI=1S/C18H24N2O6S/c1-18(2,3)26-17(25)19-10-14(21)20(4)13(15(22)23)11-27-16(24)12-8-6-5-7-9-12/h5-9,13H,10-11H2,1-4H3,(H,19,25)(H,22,23)/t13-/m0/s1. The average Bonchev–Trinajstić information content (AvgIpc) is 2.58. The summed E-state index contributed by atoms with van der Waals surface area (Å²) in [4.78, 5) is 48.3. The Labute approximate surface area is 162 Å². The molecule has 0 aliphatic carbocycles. The number of hydrogen-bond acceptors (Lipinski definition) is 6. The predicted octanol–water partition coefficient (Wildman–Crippen LogP) is 2.00. The molecule has 2 N–H and O–H groups in total. The fourth-order valence-corrected chi connectivity index (χ4v) is 2.90. The van der Waals surface area contributed by atoms with Crippen LogP contribution in [0.25, 0.3) is 0 Å². The van der Waals surface area contributed by atoms with Crippen molar-refractivity contribution in [2.45, 2.75) is 32.4 Å². The highest BCUT2D eigenvalue weighted by molar-refractivity contribution is 8.14. The summed E-state index contributed by atoms with van der Waals surface area (Å²) >= 11 is 0.818. The molecule has 0 unspecified atom stereocenters. The summed E-state index contributed by atoms with van der Waals surface area (Å²) < 4.78 is 5.02. The number of carbonyl (C=O) groups excluding carboxylic acids is 3. The third-order valence-corrected chi connectivity index (χ3v) is 4.29. The van der Waals surface area contributed by atoms with Gasteiger partial charge in [0.25, 0.3) is 0 Å². The minimum absolute atomic E-state index is 0.113. The maximum Gasteiger partial charge on any atom is 0.408 e. The largest absolute Gasteiger partial charge is 0.480 e. The van der Waals surface area contributed by atoms with Crippen molar-refractivity contribution in [3.63, 3.8) is 0 Å². The fourth-order valence-electron chi connectivity index (χ4n) is 1.92. The summed E-state index contributed by atoms with van der Waals surface area (Å²) in [5.74, 6) is -1.96. The maximum atomic E-state index is 12.2. The van der Waals surface area contributed by atoms with Crippen LogP contribution in [0.2, 0.25) is 0 Å². The van der Waals surface area contributed by atoms with Crippen molar-refractivity contribution < 1.29 is 29.0 Å². The van der Waals surface area contributed by atoms with E-state index < -0.39 is 36.2 Å². The Morgan fingerprint density at radius 3 is 2.30 bits per heavy atom. The number of carbonyl (C=O) groups is 4. The third-order valence-electron chi connectivity index (χ3n) is 3.31. The van der Waals surface area contributed by atoms with Gasteiger partial charge in [0.2, 0.25) is 11.0 Å². The van der Waals surface area contributed by atoms with Gasteiger partial charge in [-0.2, -0.15) is 0 Å². The van der Waals surface area contributed by atoms with Crippen molar-refractivity contribution in [1.82, 2.24) is 10.2 Å². The van der Waals surface area contributed by atoms with Crippen LogP contribution in [-0.4, -0.2) is 64.1 Å². The lowest BCUT2D eigenvalue weighted by Gasteiger charge is -2.25. The summed E-state index contributed by atoms with van der Waals surface area (Å²) in [5, 5.41) is 11.4. The first-order valence-corrected chi connectivity index (χ1v) is 9.17. The van der Waals surface area contributed by atoms with Crippen LogP contribution < -0.4 is 5.32 Å². The number of alkyl carbamates (subject to hydrolysis) is 1. The number of nitrogens with zero attached hydrogens (tertiary/aromatic N) is 1. The lowest BCUT2D eigenvalue weighted by molar-refractivity contribution is -0.147. The van der Waals surface area contributed by atoms with Crippen molar-refractivity contribution >= 4 is 34.8 Å². The monoisotopic (exact) mass is 396 g/mol. The first-order valence-electron chi connectivity index (χ1n) is 8.18. The van der Waals surface area contributed by atoms with E-state index in [0.717, 1.165) is 16.7 Å². The minimum Gasteiger partial charge on any atom is -0.480 e. The summed E-state index contributed by atoms with van der Waals surface area (Å²) in [7, 11) is 1.31. The number of rotatable bonds is 7. The predicted molar refractivity (Wildman–Crippen MR) is 102 cm³/mol. The van der Waals surface area contributed by atoms with Gasteiger partial charge in [0.15, 0.2) is 0 Å². The number of aliphatic carboxylic acids is 1. The fraction of sp³-hybridized carbons (Fsp3) is 0.444. The first kappa shape index (κ1) is 22.5. The van der Waals surface area contributed by atoms with Gasteiger partial charge in [-0.3, -0.25) is 9.59 Å². The van der Waals surface area contributed by atoms with Gasteiger partial charge < -0.3 is 20.1 Å². The molecular formula is C18H24N2O6S. The molecule has 148 valence electrons. The van der Waals surface area contributed by atoms with Crippen LogP contribution in [0.3, 0.4) is 0 Å². The molecule has 2 amide bonds. The summed E-state index contributed by atoms with van der Waals surface area (Å²) in [5.41, 5.74) is -0.260. The van der Waals surface area contributed by atoms with Crippen molar-refractivity contribution in [1.29, 1.82) is 0 Å². The Balaban J connectivity index is 2.60. The van der Waals surface area contributed by atoms with Crippen molar-refractivity contribution in [3.8, 4) is 0 Å². The minimum atomic E-state index is -1.24. The molecule has 0 bridgehead atoms. The lowest BCUT2D eigenvalue weighted by Crippen LogP contribution is -2.48. The molecule has 1 rings (SSSR count). The zero-order valence-electron chi connectivity index (χ0n) is 15.7.